The van der Waals surface area contributed by atoms with E-state index in [1.165, 1.54) is 19.1 Å². The third-order valence-electron chi connectivity index (χ3n) is 3.88. The maximum absolute atomic E-state index is 12.2. The average Bonchev–Trinajstić information content (AvgIpc) is 2.65. The fourth-order valence-corrected chi connectivity index (χ4v) is 2.60. The van der Waals surface area contributed by atoms with E-state index in [1.54, 1.807) is 36.4 Å². The number of hydrogen-bond donors (Lipinski definition) is 2. The van der Waals surface area contributed by atoms with Gasteiger partial charge in [0.1, 0.15) is 12.2 Å². The lowest BCUT2D eigenvalue weighted by molar-refractivity contribution is -0.114. The maximum Gasteiger partial charge on any atom is 0.338 e. The van der Waals surface area contributed by atoms with Crippen molar-refractivity contribution in [2.24, 2.45) is 0 Å². The van der Waals surface area contributed by atoms with E-state index in [0.29, 0.717) is 27.8 Å². The zero-order valence-electron chi connectivity index (χ0n) is 14.5. The van der Waals surface area contributed by atoms with Crippen LogP contribution in [0.1, 0.15) is 28.4 Å². The normalized spacial score (nSPS) is 10.6. The van der Waals surface area contributed by atoms with Crippen molar-refractivity contribution in [2.45, 2.75) is 20.1 Å². The second-order valence-corrected chi connectivity index (χ2v) is 5.91. The smallest absolute Gasteiger partial charge is 0.338 e. The predicted octanol–water partition coefficient (Wildman–Crippen LogP) is 2.60. The van der Waals surface area contributed by atoms with E-state index < -0.39 is 11.6 Å². The SMILES string of the molecule is CC(=O)Nc1ccc2c(COC(=O)c3ccc(CO)cc3)cc(=O)oc2c1. The summed E-state index contributed by atoms with van der Waals surface area (Å²) in [5, 5.41) is 12.3. The highest BCUT2D eigenvalue weighted by atomic mass is 16.5. The van der Waals surface area contributed by atoms with Gasteiger partial charge < -0.3 is 19.6 Å². The van der Waals surface area contributed by atoms with Gasteiger partial charge in [0.15, 0.2) is 0 Å². The van der Waals surface area contributed by atoms with Crippen LogP contribution >= 0.6 is 0 Å². The van der Waals surface area contributed by atoms with E-state index in [1.807, 2.05) is 0 Å². The minimum atomic E-state index is -0.583. The Labute approximate surface area is 154 Å². The summed E-state index contributed by atoms with van der Waals surface area (Å²) >= 11 is 0. The number of rotatable bonds is 5. The molecule has 1 amide bonds. The summed E-state index contributed by atoms with van der Waals surface area (Å²) in [5.74, 6) is -0.787. The van der Waals surface area contributed by atoms with Crippen LogP contribution in [0.2, 0.25) is 0 Å². The Hall–Kier alpha value is -3.45. The van der Waals surface area contributed by atoms with Crippen molar-refractivity contribution in [1.29, 1.82) is 0 Å². The van der Waals surface area contributed by atoms with Crippen LogP contribution in [0, 0.1) is 0 Å². The van der Waals surface area contributed by atoms with Crippen molar-refractivity contribution >= 4 is 28.5 Å². The fourth-order valence-electron chi connectivity index (χ4n) is 2.60. The molecular formula is C20H17NO6. The van der Waals surface area contributed by atoms with Gasteiger partial charge in [-0.15, -0.1) is 0 Å². The predicted molar refractivity (Wildman–Crippen MR) is 98.3 cm³/mol. The van der Waals surface area contributed by atoms with Crippen LogP contribution < -0.4 is 10.9 Å². The van der Waals surface area contributed by atoms with Crippen molar-refractivity contribution in [2.75, 3.05) is 5.32 Å². The first kappa shape index (κ1) is 18.3. The number of carbonyl (C=O) groups excluding carboxylic acids is 2. The fraction of sp³-hybridized carbons (Fsp3) is 0.150. The minimum Gasteiger partial charge on any atom is -0.457 e. The summed E-state index contributed by atoms with van der Waals surface area (Å²) in [6.07, 6.45) is 0. The van der Waals surface area contributed by atoms with Crippen LogP contribution in [-0.2, 0) is 22.7 Å². The van der Waals surface area contributed by atoms with Crippen LogP contribution in [-0.4, -0.2) is 17.0 Å². The van der Waals surface area contributed by atoms with Crippen LogP contribution in [0.4, 0.5) is 5.69 Å². The van der Waals surface area contributed by atoms with Crippen LogP contribution in [0.15, 0.2) is 57.7 Å². The van der Waals surface area contributed by atoms with Gasteiger partial charge in [-0.1, -0.05) is 12.1 Å². The molecule has 0 fully saturated rings. The number of hydrogen-bond acceptors (Lipinski definition) is 6. The second kappa shape index (κ2) is 7.84. The van der Waals surface area contributed by atoms with Gasteiger partial charge in [-0.2, -0.15) is 0 Å². The standard InChI is InChI=1S/C20H17NO6/c1-12(23)21-16-6-7-17-15(8-19(24)27-18(17)9-16)11-26-20(25)14-4-2-13(10-22)3-5-14/h2-9,22H,10-11H2,1H3,(H,21,23). The van der Waals surface area contributed by atoms with E-state index in [9.17, 15) is 14.4 Å². The van der Waals surface area contributed by atoms with E-state index in [-0.39, 0.29) is 24.7 Å². The Morgan fingerprint density at radius 1 is 1.11 bits per heavy atom. The second-order valence-electron chi connectivity index (χ2n) is 5.91. The molecule has 27 heavy (non-hydrogen) atoms. The zero-order chi connectivity index (χ0) is 19.4. The molecule has 0 spiro atoms. The Kier molecular flexibility index (Phi) is 5.33. The molecule has 0 saturated heterocycles. The minimum absolute atomic E-state index is 0.109. The van der Waals surface area contributed by atoms with Crippen molar-refractivity contribution in [3.05, 3.63) is 75.6 Å². The van der Waals surface area contributed by atoms with E-state index >= 15 is 0 Å². The Bertz CT molecular complexity index is 1050. The van der Waals surface area contributed by atoms with E-state index in [4.69, 9.17) is 14.3 Å². The molecule has 0 atom stereocenters. The lowest BCUT2D eigenvalue weighted by atomic mass is 10.1. The number of anilines is 1. The topological polar surface area (TPSA) is 106 Å². The van der Waals surface area contributed by atoms with Crippen molar-refractivity contribution in [3.8, 4) is 0 Å². The average molecular weight is 367 g/mol. The summed E-state index contributed by atoms with van der Waals surface area (Å²) in [6.45, 7) is 1.16. The molecule has 2 N–H and O–H groups in total. The Morgan fingerprint density at radius 3 is 2.52 bits per heavy atom. The van der Waals surface area contributed by atoms with Gasteiger partial charge >= 0.3 is 11.6 Å². The van der Waals surface area contributed by atoms with Crippen molar-refractivity contribution < 1.29 is 23.8 Å². The van der Waals surface area contributed by atoms with Gasteiger partial charge in [-0.25, -0.2) is 9.59 Å². The molecule has 3 rings (SSSR count). The van der Waals surface area contributed by atoms with Gasteiger partial charge in [0, 0.05) is 35.7 Å². The lowest BCUT2D eigenvalue weighted by Gasteiger charge is -2.09. The molecule has 1 aromatic heterocycles. The lowest BCUT2D eigenvalue weighted by Crippen LogP contribution is -2.09. The van der Waals surface area contributed by atoms with Crippen LogP contribution in [0.5, 0.6) is 0 Å². The first-order valence-electron chi connectivity index (χ1n) is 8.17. The van der Waals surface area contributed by atoms with Gasteiger partial charge in [-0.3, -0.25) is 4.79 Å². The molecule has 0 aliphatic carbocycles. The summed E-state index contributed by atoms with van der Waals surface area (Å²) in [4.78, 5) is 35.1. The summed E-state index contributed by atoms with van der Waals surface area (Å²) < 4.78 is 10.5. The number of ether oxygens (including phenoxy) is 1. The van der Waals surface area contributed by atoms with Crippen LogP contribution in [0.3, 0.4) is 0 Å². The number of benzene rings is 2. The van der Waals surface area contributed by atoms with Gasteiger partial charge in [-0.05, 0) is 29.8 Å². The van der Waals surface area contributed by atoms with Crippen LogP contribution in [0.25, 0.3) is 11.0 Å². The maximum atomic E-state index is 12.2. The molecule has 0 unspecified atom stereocenters. The quantitative estimate of drug-likeness (QED) is 0.530. The summed E-state index contributed by atoms with van der Waals surface area (Å²) in [6, 6.07) is 12.5. The first-order chi connectivity index (χ1) is 13.0. The molecule has 1 heterocycles. The monoisotopic (exact) mass is 367 g/mol. The number of fused-ring (bicyclic) bond motifs is 1. The summed E-state index contributed by atoms with van der Waals surface area (Å²) in [5.41, 5.74) is 1.72. The van der Waals surface area contributed by atoms with E-state index in [0.717, 1.165) is 0 Å². The number of nitrogens with one attached hydrogen (secondary N) is 1. The molecule has 0 aliphatic heterocycles. The van der Waals surface area contributed by atoms with Gasteiger partial charge in [0.2, 0.25) is 5.91 Å². The van der Waals surface area contributed by atoms with Gasteiger partial charge in [0.25, 0.3) is 0 Å². The number of amides is 1. The molecule has 2 aromatic carbocycles. The van der Waals surface area contributed by atoms with E-state index in [2.05, 4.69) is 5.32 Å². The molecule has 7 heteroatoms. The Balaban J connectivity index is 1.82. The number of aliphatic hydroxyl groups excluding tert-OH is 1. The molecule has 3 aromatic rings. The summed E-state index contributed by atoms with van der Waals surface area (Å²) in [7, 11) is 0. The van der Waals surface area contributed by atoms with Crippen molar-refractivity contribution in [3.63, 3.8) is 0 Å². The zero-order valence-corrected chi connectivity index (χ0v) is 14.5. The highest BCUT2D eigenvalue weighted by molar-refractivity contribution is 5.92. The number of aliphatic hydroxyl groups is 1. The Morgan fingerprint density at radius 2 is 1.85 bits per heavy atom. The van der Waals surface area contributed by atoms with Gasteiger partial charge in [0.05, 0.1) is 12.2 Å². The molecular weight excluding hydrogens is 350 g/mol. The first-order valence-corrected chi connectivity index (χ1v) is 8.17. The molecule has 0 aliphatic rings. The third kappa shape index (κ3) is 4.39. The number of carbonyl (C=O) groups is 2. The highest BCUT2D eigenvalue weighted by Gasteiger charge is 2.11. The third-order valence-corrected chi connectivity index (χ3v) is 3.88. The number of esters is 1. The highest BCUT2D eigenvalue weighted by Crippen LogP contribution is 2.22. The van der Waals surface area contributed by atoms with Crippen molar-refractivity contribution in [1.82, 2.24) is 0 Å². The molecule has 138 valence electrons. The largest absolute Gasteiger partial charge is 0.457 e. The molecule has 0 radical (unpaired) electrons. The molecule has 7 nitrogen and oxygen atoms in total. The molecule has 0 saturated carbocycles. The molecule has 0 bridgehead atoms.